The lowest BCUT2D eigenvalue weighted by molar-refractivity contribution is 0.103. The normalized spacial score (nSPS) is 10.1. The van der Waals surface area contributed by atoms with E-state index >= 15 is 0 Å². The van der Waals surface area contributed by atoms with Crippen LogP contribution in [-0.2, 0) is 0 Å². The van der Waals surface area contributed by atoms with Crippen LogP contribution in [0.25, 0.3) is 0 Å². The van der Waals surface area contributed by atoms with Crippen LogP contribution in [0.1, 0.15) is 21.6 Å². The molecule has 0 saturated carbocycles. The van der Waals surface area contributed by atoms with Gasteiger partial charge < -0.3 is 0 Å². The number of aromatic nitrogens is 4. The average molecular weight is 188 g/mol. The van der Waals surface area contributed by atoms with Crippen molar-refractivity contribution in [1.82, 2.24) is 20.4 Å². The van der Waals surface area contributed by atoms with Gasteiger partial charge in [-0.3, -0.25) is 9.78 Å². The van der Waals surface area contributed by atoms with Crippen LogP contribution >= 0.6 is 0 Å². The molecule has 0 saturated heterocycles. The van der Waals surface area contributed by atoms with Crippen LogP contribution < -0.4 is 0 Å². The first-order valence-electron chi connectivity index (χ1n) is 4.10. The summed E-state index contributed by atoms with van der Waals surface area (Å²) in [6, 6.07) is 1.79. The van der Waals surface area contributed by atoms with Crippen LogP contribution in [0.4, 0.5) is 0 Å². The fourth-order valence-electron chi connectivity index (χ4n) is 1.15. The molecule has 5 nitrogen and oxygen atoms in total. The van der Waals surface area contributed by atoms with Crippen molar-refractivity contribution in [3.8, 4) is 0 Å². The maximum atomic E-state index is 11.8. The molecule has 2 rings (SSSR count). The Morgan fingerprint density at radius 2 is 2.29 bits per heavy atom. The number of hydrogen-bond acceptors (Lipinski definition) is 4. The Bertz CT molecular complexity index is 450. The summed E-state index contributed by atoms with van der Waals surface area (Å²) in [6.07, 6.45) is 4.58. The Hall–Kier alpha value is -2.04. The van der Waals surface area contributed by atoms with E-state index in [2.05, 4.69) is 20.4 Å². The number of aromatic amines is 1. The number of hydrogen-bond donors (Lipinski definition) is 1. The van der Waals surface area contributed by atoms with E-state index in [4.69, 9.17) is 0 Å². The van der Waals surface area contributed by atoms with E-state index in [1.165, 1.54) is 12.4 Å². The molecule has 0 bridgehead atoms. The number of aryl methyl sites for hydroxylation is 1. The third-order valence-electron chi connectivity index (χ3n) is 1.93. The number of ketones is 1. The molecule has 0 atom stereocenters. The van der Waals surface area contributed by atoms with E-state index in [0.717, 1.165) is 5.56 Å². The van der Waals surface area contributed by atoms with Crippen molar-refractivity contribution in [3.05, 3.63) is 41.5 Å². The zero-order valence-electron chi connectivity index (χ0n) is 7.56. The maximum absolute atomic E-state index is 11.8. The molecule has 0 fully saturated rings. The number of carbonyl (C=O) groups excluding carboxylic acids is 1. The first-order valence-corrected chi connectivity index (χ1v) is 4.10. The maximum Gasteiger partial charge on any atom is 0.216 e. The Labute approximate surface area is 80.2 Å². The summed E-state index contributed by atoms with van der Waals surface area (Å²) in [5, 5.41) is 9.70. The molecule has 2 heterocycles. The summed E-state index contributed by atoms with van der Waals surface area (Å²) < 4.78 is 0. The van der Waals surface area contributed by atoms with Crippen molar-refractivity contribution in [3.63, 3.8) is 0 Å². The second-order valence-corrected chi connectivity index (χ2v) is 2.87. The number of pyridine rings is 1. The number of H-pyrrole nitrogens is 1. The van der Waals surface area contributed by atoms with Crippen molar-refractivity contribution in [2.45, 2.75) is 6.92 Å². The molecule has 1 N–H and O–H groups in total. The molecule has 0 aliphatic heterocycles. The van der Waals surface area contributed by atoms with Crippen molar-refractivity contribution in [1.29, 1.82) is 0 Å². The molecule has 0 aliphatic rings. The standard InChI is InChI=1S/C9H8N4O/c1-6-2-3-10-4-7(6)9(14)8-5-11-13-12-8/h2-5H,1H3,(H,11,12,13). The van der Waals surface area contributed by atoms with E-state index in [9.17, 15) is 4.79 Å². The highest BCUT2D eigenvalue weighted by molar-refractivity contribution is 6.08. The second-order valence-electron chi connectivity index (χ2n) is 2.87. The van der Waals surface area contributed by atoms with Crippen LogP contribution in [0, 0.1) is 6.92 Å². The first kappa shape index (κ1) is 8.55. The van der Waals surface area contributed by atoms with Crippen molar-refractivity contribution in [2.75, 3.05) is 0 Å². The topological polar surface area (TPSA) is 71.5 Å². The molecule has 2 aromatic rings. The molecule has 0 aliphatic carbocycles. The highest BCUT2D eigenvalue weighted by Crippen LogP contribution is 2.09. The largest absolute Gasteiger partial charge is 0.287 e. The number of nitrogens with zero attached hydrogens (tertiary/aromatic N) is 3. The highest BCUT2D eigenvalue weighted by Gasteiger charge is 2.13. The lowest BCUT2D eigenvalue weighted by Gasteiger charge is -1.99. The lowest BCUT2D eigenvalue weighted by Crippen LogP contribution is -2.04. The first-order chi connectivity index (χ1) is 6.79. The van der Waals surface area contributed by atoms with Crippen LogP contribution in [0.2, 0.25) is 0 Å². The second kappa shape index (κ2) is 3.37. The summed E-state index contributed by atoms with van der Waals surface area (Å²) in [4.78, 5) is 15.7. The molecule has 0 radical (unpaired) electrons. The van der Waals surface area contributed by atoms with Gasteiger partial charge in [0.15, 0.2) is 5.69 Å². The quantitative estimate of drug-likeness (QED) is 0.705. The van der Waals surface area contributed by atoms with Gasteiger partial charge in [-0.25, -0.2) is 0 Å². The Balaban J connectivity index is 2.42. The van der Waals surface area contributed by atoms with Crippen molar-refractivity contribution in [2.24, 2.45) is 0 Å². The molecule has 0 amide bonds. The van der Waals surface area contributed by atoms with E-state index in [1.54, 1.807) is 12.3 Å². The molecule has 14 heavy (non-hydrogen) atoms. The van der Waals surface area contributed by atoms with Crippen LogP contribution in [0.15, 0.2) is 24.7 Å². The SMILES string of the molecule is Cc1ccncc1C(=O)c1cn[nH]n1. The summed E-state index contributed by atoms with van der Waals surface area (Å²) >= 11 is 0. The summed E-state index contributed by atoms with van der Waals surface area (Å²) in [6.45, 7) is 1.86. The number of carbonyl (C=O) groups is 1. The van der Waals surface area contributed by atoms with Gasteiger partial charge in [0.25, 0.3) is 0 Å². The van der Waals surface area contributed by atoms with Gasteiger partial charge in [0.1, 0.15) is 0 Å². The van der Waals surface area contributed by atoms with Gasteiger partial charge in [0.2, 0.25) is 5.78 Å². The van der Waals surface area contributed by atoms with E-state index < -0.39 is 0 Å². The van der Waals surface area contributed by atoms with Crippen LogP contribution in [0.5, 0.6) is 0 Å². The van der Waals surface area contributed by atoms with E-state index in [-0.39, 0.29) is 5.78 Å². The van der Waals surface area contributed by atoms with E-state index in [0.29, 0.717) is 11.3 Å². The van der Waals surface area contributed by atoms with Gasteiger partial charge in [0.05, 0.1) is 6.20 Å². The van der Waals surface area contributed by atoms with Gasteiger partial charge in [-0.05, 0) is 18.6 Å². The fraction of sp³-hybridized carbons (Fsp3) is 0.111. The van der Waals surface area contributed by atoms with Gasteiger partial charge >= 0.3 is 0 Å². The van der Waals surface area contributed by atoms with Crippen molar-refractivity contribution >= 4 is 5.78 Å². The molecule has 0 unspecified atom stereocenters. The third kappa shape index (κ3) is 1.39. The van der Waals surface area contributed by atoms with Gasteiger partial charge in [-0.1, -0.05) is 0 Å². The zero-order chi connectivity index (χ0) is 9.97. The number of rotatable bonds is 2. The van der Waals surface area contributed by atoms with Crippen LogP contribution in [0.3, 0.4) is 0 Å². The smallest absolute Gasteiger partial charge is 0.216 e. The minimum Gasteiger partial charge on any atom is -0.287 e. The Morgan fingerprint density at radius 3 is 2.93 bits per heavy atom. The molecule has 70 valence electrons. The highest BCUT2D eigenvalue weighted by atomic mass is 16.1. The molecule has 5 heteroatoms. The minimum atomic E-state index is -0.163. The zero-order valence-corrected chi connectivity index (χ0v) is 7.56. The Kier molecular flexibility index (Phi) is 2.06. The monoisotopic (exact) mass is 188 g/mol. The lowest BCUT2D eigenvalue weighted by atomic mass is 10.1. The van der Waals surface area contributed by atoms with E-state index in [1.807, 2.05) is 6.92 Å². The summed E-state index contributed by atoms with van der Waals surface area (Å²) in [7, 11) is 0. The molecular weight excluding hydrogens is 180 g/mol. The molecular formula is C9H8N4O. The third-order valence-corrected chi connectivity index (χ3v) is 1.93. The molecule has 0 spiro atoms. The molecule has 2 aromatic heterocycles. The predicted molar refractivity (Wildman–Crippen MR) is 48.8 cm³/mol. The fourth-order valence-corrected chi connectivity index (χ4v) is 1.15. The number of nitrogens with one attached hydrogen (secondary N) is 1. The van der Waals surface area contributed by atoms with Gasteiger partial charge in [0, 0.05) is 18.0 Å². The Morgan fingerprint density at radius 1 is 1.43 bits per heavy atom. The average Bonchev–Trinajstić information content (AvgIpc) is 2.70. The van der Waals surface area contributed by atoms with Gasteiger partial charge in [-0.2, -0.15) is 15.4 Å². The van der Waals surface area contributed by atoms with Crippen molar-refractivity contribution < 1.29 is 4.79 Å². The van der Waals surface area contributed by atoms with Gasteiger partial charge in [-0.15, -0.1) is 0 Å². The minimum absolute atomic E-state index is 0.163. The summed E-state index contributed by atoms with van der Waals surface area (Å²) in [5.74, 6) is -0.163. The molecule has 0 aromatic carbocycles. The summed E-state index contributed by atoms with van der Waals surface area (Å²) in [5.41, 5.74) is 1.75. The van der Waals surface area contributed by atoms with Crippen LogP contribution in [-0.4, -0.2) is 26.2 Å². The predicted octanol–water partition coefficient (Wildman–Crippen LogP) is 0.739.